The fourth-order valence-electron chi connectivity index (χ4n) is 5.79. The van der Waals surface area contributed by atoms with Crippen LogP contribution in [0.15, 0.2) is 97.3 Å². The molecule has 9 nitrogen and oxygen atoms in total. The van der Waals surface area contributed by atoms with Crippen molar-refractivity contribution in [1.82, 2.24) is 20.5 Å². The first-order chi connectivity index (χ1) is 21.1. The van der Waals surface area contributed by atoms with Crippen LogP contribution in [0.2, 0.25) is 5.02 Å². The van der Waals surface area contributed by atoms with Crippen molar-refractivity contribution in [2.45, 2.75) is 44.4 Å². The van der Waals surface area contributed by atoms with Gasteiger partial charge in [-0.2, -0.15) is 0 Å². The van der Waals surface area contributed by atoms with Crippen molar-refractivity contribution in [2.75, 3.05) is 0 Å². The number of halogens is 1. The molecule has 1 saturated heterocycles. The Morgan fingerprint density at radius 2 is 1.73 bits per heavy atom. The molecule has 0 spiro atoms. The smallest absolute Gasteiger partial charge is 0.326 e. The molecule has 44 heavy (non-hydrogen) atoms. The number of aryl methyl sites for hydroxylation is 1. The van der Waals surface area contributed by atoms with Crippen molar-refractivity contribution in [2.24, 2.45) is 0 Å². The van der Waals surface area contributed by atoms with Crippen LogP contribution >= 0.6 is 11.6 Å². The number of hydrogen-bond acceptors (Lipinski definition) is 5. The van der Waals surface area contributed by atoms with Gasteiger partial charge in [0, 0.05) is 32.2 Å². The van der Waals surface area contributed by atoms with Gasteiger partial charge >= 0.3 is 5.97 Å². The Morgan fingerprint density at radius 3 is 2.34 bits per heavy atom. The van der Waals surface area contributed by atoms with Crippen LogP contribution in [0.25, 0.3) is 0 Å². The molecule has 3 N–H and O–H groups in total. The van der Waals surface area contributed by atoms with E-state index in [0.717, 1.165) is 11.1 Å². The van der Waals surface area contributed by atoms with Gasteiger partial charge in [-0.3, -0.25) is 24.3 Å². The van der Waals surface area contributed by atoms with Gasteiger partial charge in [-0.15, -0.1) is 0 Å². The minimum atomic E-state index is -1.41. The number of aromatic nitrogens is 1. The molecule has 0 unspecified atom stereocenters. The molecule has 1 aliphatic rings. The lowest BCUT2D eigenvalue weighted by Gasteiger charge is -2.38. The van der Waals surface area contributed by atoms with Gasteiger partial charge in [-0.05, 0) is 46.9 Å². The van der Waals surface area contributed by atoms with Gasteiger partial charge in [0.15, 0.2) is 5.54 Å². The molecule has 5 rings (SSSR count). The van der Waals surface area contributed by atoms with E-state index in [-0.39, 0.29) is 35.2 Å². The molecule has 10 heteroatoms. The van der Waals surface area contributed by atoms with Gasteiger partial charge in [-0.1, -0.05) is 84.4 Å². The minimum Gasteiger partial charge on any atom is -0.480 e. The number of rotatable bonds is 9. The lowest BCUT2D eigenvalue weighted by Crippen LogP contribution is -2.50. The third-order valence-electron chi connectivity index (χ3n) is 7.87. The first kappa shape index (κ1) is 30.4. The van der Waals surface area contributed by atoms with Gasteiger partial charge in [0.05, 0.1) is 10.6 Å². The maximum Gasteiger partial charge on any atom is 0.326 e. The zero-order valence-electron chi connectivity index (χ0n) is 24.2. The molecule has 0 aliphatic carbocycles. The summed E-state index contributed by atoms with van der Waals surface area (Å²) in [5.74, 6) is -2.43. The summed E-state index contributed by atoms with van der Waals surface area (Å²) in [6, 6.07) is 23.6. The van der Waals surface area contributed by atoms with Gasteiger partial charge in [0.25, 0.3) is 11.8 Å². The second-order valence-corrected chi connectivity index (χ2v) is 11.2. The molecular weight excluding hydrogens is 580 g/mol. The van der Waals surface area contributed by atoms with E-state index in [1.54, 1.807) is 72.7 Å². The molecule has 0 bridgehead atoms. The number of amides is 3. The zero-order chi connectivity index (χ0) is 31.4. The van der Waals surface area contributed by atoms with Crippen molar-refractivity contribution in [3.8, 4) is 0 Å². The van der Waals surface area contributed by atoms with E-state index in [2.05, 4.69) is 15.6 Å². The van der Waals surface area contributed by atoms with Crippen LogP contribution in [0.4, 0.5) is 0 Å². The van der Waals surface area contributed by atoms with E-state index >= 15 is 0 Å². The topological polar surface area (TPSA) is 129 Å². The summed E-state index contributed by atoms with van der Waals surface area (Å²) < 4.78 is 0. The molecule has 3 amide bonds. The minimum absolute atomic E-state index is 0.0181. The lowest BCUT2D eigenvalue weighted by atomic mass is 9.81. The molecule has 1 fully saturated rings. The van der Waals surface area contributed by atoms with E-state index in [9.17, 15) is 24.3 Å². The summed E-state index contributed by atoms with van der Waals surface area (Å²) in [5, 5.41) is 15.8. The molecule has 1 aromatic heterocycles. The average Bonchev–Trinajstić information content (AvgIpc) is 3.30. The summed E-state index contributed by atoms with van der Waals surface area (Å²) in [6.45, 7) is 3.16. The Labute approximate surface area is 259 Å². The molecule has 3 aromatic carbocycles. The molecule has 0 saturated carbocycles. The number of benzene rings is 3. The highest BCUT2D eigenvalue weighted by atomic mass is 35.5. The van der Waals surface area contributed by atoms with Crippen LogP contribution in [-0.2, 0) is 32.8 Å². The molecule has 3 atom stereocenters. The quantitative estimate of drug-likeness (QED) is 0.254. The predicted molar refractivity (Wildman–Crippen MR) is 165 cm³/mol. The maximum absolute atomic E-state index is 14.0. The number of carboxylic acids is 1. The summed E-state index contributed by atoms with van der Waals surface area (Å²) >= 11 is 6.22. The van der Waals surface area contributed by atoms with Crippen molar-refractivity contribution >= 4 is 35.3 Å². The first-order valence-corrected chi connectivity index (χ1v) is 14.4. The van der Waals surface area contributed by atoms with Crippen LogP contribution in [-0.4, -0.2) is 44.7 Å². The SMILES string of the molecule is CC(=O)N1[C@@H](c2ccccc2)NC(=O)[C@@]1(Cc1cccnc1)c1ccc(C[C@H](NC(=O)c2c(C)cccc2Cl)C(=O)O)cc1. The fourth-order valence-corrected chi connectivity index (χ4v) is 6.10. The molecule has 1 aliphatic heterocycles. The standard InChI is InChI=1S/C34H31ClN4O5/c1-21-8-6-12-27(35)29(21)31(41)37-28(32(42)43)18-23-13-15-26(16-14-23)34(19-24-9-7-17-36-20-24)33(44)38-30(39(34)22(2)40)25-10-4-3-5-11-25/h3-17,20,28,30H,18-19H2,1-2H3,(H,37,41)(H,38,44)(H,42,43)/t28-,30-,34+/m0/s1. The van der Waals surface area contributed by atoms with Crippen LogP contribution in [0.5, 0.6) is 0 Å². The first-order valence-electron chi connectivity index (χ1n) is 14.0. The highest BCUT2D eigenvalue weighted by Gasteiger charge is 2.56. The van der Waals surface area contributed by atoms with Crippen molar-refractivity contribution in [3.63, 3.8) is 0 Å². The van der Waals surface area contributed by atoms with Gasteiger partial charge in [-0.25, -0.2) is 4.79 Å². The van der Waals surface area contributed by atoms with Crippen LogP contribution < -0.4 is 10.6 Å². The van der Waals surface area contributed by atoms with Crippen molar-refractivity contribution < 1.29 is 24.3 Å². The van der Waals surface area contributed by atoms with Crippen LogP contribution in [0, 0.1) is 6.92 Å². The molecular formula is C34H31ClN4O5. The summed E-state index contributed by atoms with van der Waals surface area (Å²) in [7, 11) is 0. The molecule has 2 heterocycles. The van der Waals surface area contributed by atoms with Crippen molar-refractivity contribution in [1.29, 1.82) is 0 Å². The normalized spacial score (nSPS) is 18.4. The number of carbonyl (C=O) groups excluding carboxylic acids is 3. The Balaban J connectivity index is 1.49. The number of carboxylic acid groups (broad SMARTS) is 1. The van der Waals surface area contributed by atoms with E-state index in [1.807, 2.05) is 36.4 Å². The summed E-state index contributed by atoms with van der Waals surface area (Å²) in [6.07, 6.45) is 2.76. The highest BCUT2D eigenvalue weighted by Crippen LogP contribution is 2.43. The third-order valence-corrected chi connectivity index (χ3v) is 8.19. The number of aliphatic carboxylic acids is 1. The van der Waals surface area contributed by atoms with E-state index in [0.29, 0.717) is 16.7 Å². The van der Waals surface area contributed by atoms with Crippen LogP contribution in [0.3, 0.4) is 0 Å². The average molecular weight is 611 g/mol. The number of hydrogen-bond donors (Lipinski definition) is 3. The van der Waals surface area contributed by atoms with Crippen LogP contribution in [0.1, 0.15) is 51.3 Å². The number of nitrogens with zero attached hydrogens (tertiary/aromatic N) is 2. The van der Waals surface area contributed by atoms with E-state index in [1.165, 1.54) is 6.92 Å². The molecule has 4 aromatic rings. The second kappa shape index (κ2) is 12.7. The second-order valence-electron chi connectivity index (χ2n) is 10.8. The highest BCUT2D eigenvalue weighted by molar-refractivity contribution is 6.34. The number of nitrogens with one attached hydrogen (secondary N) is 2. The monoisotopic (exact) mass is 610 g/mol. The molecule has 0 radical (unpaired) electrons. The van der Waals surface area contributed by atoms with Gasteiger partial charge < -0.3 is 15.7 Å². The fraction of sp³-hybridized carbons (Fsp3) is 0.206. The predicted octanol–water partition coefficient (Wildman–Crippen LogP) is 4.58. The Bertz CT molecular complexity index is 1680. The van der Waals surface area contributed by atoms with E-state index in [4.69, 9.17) is 11.6 Å². The van der Waals surface area contributed by atoms with Crippen molar-refractivity contribution in [3.05, 3.63) is 136 Å². The zero-order valence-corrected chi connectivity index (χ0v) is 24.9. The Kier molecular flexibility index (Phi) is 8.78. The van der Waals surface area contributed by atoms with Gasteiger partial charge in [0.1, 0.15) is 12.2 Å². The third kappa shape index (κ3) is 5.91. The Morgan fingerprint density at radius 1 is 1.00 bits per heavy atom. The summed E-state index contributed by atoms with van der Waals surface area (Å²) in [4.78, 5) is 58.2. The Hall–Kier alpha value is -5.02. The molecule has 224 valence electrons. The van der Waals surface area contributed by atoms with Gasteiger partial charge in [0.2, 0.25) is 5.91 Å². The summed E-state index contributed by atoms with van der Waals surface area (Å²) in [5.41, 5.74) is 2.12. The lowest BCUT2D eigenvalue weighted by molar-refractivity contribution is -0.141. The maximum atomic E-state index is 14.0. The largest absolute Gasteiger partial charge is 0.480 e. The van der Waals surface area contributed by atoms with E-state index < -0.39 is 29.6 Å². The number of carbonyl (C=O) groups is 4. The number of pyridine rings is 1.